The fourth-order valence-electron chi connectivity index (χ4n) is 1.67. The monoisotopic (exact) mass is 292 g/mol. The van der Waals surface area contributed by atoms with Crippen LogP contribution in [0.2, 0.25) is 0 Å². The summed E-state index contributed by atoms with van der Waals surface area (Å²) >= 11 is 0. The van der Waals surface area contributed by atoms with Crippen LogP contribution in [0.25, 0.3) is 0 Å². The van der Waals surface area contributed by atoms with Crippen molar-refractivity contribution in [2.45, 2.75) is 17.9 Å². The fourth-order valence-corrected chi connectivity index (χ4v) is 2.70. The highest BCUT2D eigenvalue weighted by Crippen LogP contribution is 2.18. The minimum absolute atomic E-state index is 0.169. The molecular weight excluding hydrogens is 276 g/mol. The highest BCUT2D eigenvalue weighted by atomic mass is 32.2. The zero-order valence-corrected chi connectivity index (χ0v) is 12.1. The molecule has 2 aromatic rings. The molecule has 6 nitrogen and oxygen atoms in total. The van der Waals surface area contributed by atoms with Crippen LogP contribution in [0, 0.1) is 0 Å². The van der Waals surface area contributed by atoms with E-state index in [2.05, 4.69) is 20.0 Å². The number of anilines is 1. The van der Waals surface area contributed by atoms with Crippen molar-refractivity contribution in [3.63, 3.8) is 0 Å². The van der Waals surface area contributed by atoms with Gasteiger partial charge in [0.05, 0.1) is 23.0 Å². The summed E-state index contributed by atoms with van der Waals surface area (Å²) in [5.74, 6) is 0. The maximum absolute atomic E-state index is 12.2. The maximum Gasteiger partial charge on any atom is 0.261 e. The summed E-state index contributed by atoms with van der Waals surface area (Å²) in [5, 5.41) is 3.10. The highest BCUT2D eigenvalue weighted by molar-refractivity contribution is 7.92. The van der Waals surface area contributed by atoms with Gasteiger partial charge < -0.3 is 5.32 Å². The number of aromatic nitrogens is 2. The number of sulfonamides is 1. The number of benzene rings is 1. The first kappa shape index (κ1) is 14.4. The molecule has 0 saturated heterocycles. The van der Waals surface area contributed by atoms with Crippen LogP contribution >= 0.6 is 0 Å². The molecule has 2 N–H and O–H groups in total. The van der Waals surface area contributed by atoms with Crippen molar-refractivity contribution in [3.8, 4) is 0 Å². The first-order valence-corrected chi connectivity index (χ1v) is 7.56. The smallest absolute Gasteiger partial charge is 0.261 e. The Morgan fingerprint density at radius 3 is 2.25 bits per heavy atom. The molecule has 0 spiro atoms. The zero-order chi connectivity index (χ0) is 14.6. The van der Waals surface area contributed by atoms with Crippen LogP contribution in [0.5, 0.6) is 0 Å². The van der Waals surface area contributed by atoms with Gasteiger partial charge in [-0.05, 0) is 31.7 Å². The molecule has 106 valence electrons. The lowest BCUT2D eigenvalue weighted by atomic mass is 10.1. The number of nitrogens with one attached hydrogen (secondary N) is 2. The molecule has 0 fully saturated rings. The Labute approximate surface area is 118 Å². The average molecular weight is 292 g/mol. The van der Waals surface area contributed by atoms with Crippen LogP contribution in [0.3, 0.4) is 0 Å². The SMILES string of the molecule is CNC(C)c1ccc(S(=O)(=O)Nc2cncnc2)cc1. The van der Waals surface area contributed by atoms with Crippen molar-refractivity contribution < 1.29 is 8.42 Å². The zero-order valence-electron chi connectivity index (χ0n) is 11.2. The van der Waals surface area contributed by atoms with Crippen molar-refractivity contribution in [1.82, 2.24) is 15.3 Å². The summed E-state index contributed by atoms with van der Waals surface area (Å²) in [6, 6.07) is 6.90. The summed E-state index contributed by atoms with van der Waals surface area (Å²) in [4.78, 5) is 7.73. The van der Waals surface area contributed by atoms with Crippen LogP contribution in [0.15, 0.2) is 47.9 Å². The van der Waals surface area contributed by atoms with Crippen molar-refractivity contribution in [1.29, 1.82) is 0 Å². The standard InChI is InChI=1S/C13H16N4O2S/c1-10(14-2)11-3-5-13(6-4-11)20(18,19)17-12-7-15-9-16-8-12/h3-10,14,17H,1-2H3. The molecule has 20 heavy (non-hydrogen) atoms. The molecule has 0 bridgehead atoms. The topological polar surface area (TPSA) is 84.0 Å². The van der Waals surface area contributed by atoms with Crippen LogP contribution in [0.4, 0.5) is 5.69 Å². The molecule has 0 saturated carbocycles. The van der Waals surface area contributed by atoms with Gasteiger partial charge in [0, 0.05) is 6.04 Å². The first-order chi connectivity index (χ1) is 9.53. The van der Waals surface area contributed by atoms with Crippen LogP contribution < -0.4 is 10.0 Å². The van der Waals surface area contributed by atoms with Gasteiger partial charge in [0.15, 0.2) is 0 Å². The van der Waals surface area contributed by atoms with E-state index in [9.17, 15) is 8.42 Å². The van der Waals surface area contributed by atoms with Crippen LogP contribution in [0.1, 0.15) is 18.5 Å². The van der Waals surface area contributed by atoms with E-state index in [1.165, 1.54) is 18.7 Å². The van der Waals surface area contributed by atoms with Gasteiger partial charge in [-0.3, -0.25) is 4.72 Å². The molecule has 1 aromatic carbocycles. The third-order valence-corrected chi connectivity index (χ3v) is 4.33. The number of hydrogen-bond acceptors (Lipinski definition) is 5. The summed E-state index contributed by atoms with van der Waals surface area (Å²) in [6.07, 6.45) is 4.15. The maximum atomic E-state index is 12.2. The molecule has 2 rings (SSSR count). The van der Waals surface area contributed by atoms with E-state index in [1.54, 1.807) is 24.3 Å². The fraction of sp³-hybridized carbons (Fsp3) is 0.231. The molecule has 7 heteroatoms. The Morgan fingerprint density at radius 1 is 1.10 bits per heavy atom. The van der Waals surface area contributed by atoms with Crippen molar-refractivity contribution in [3.05, 3.63) is 48.5 Å². The van der Waals surface area contributed by atoms with E-state index < -0.39 is 10.0 Å². The van der Waals surface area contributed by atoms with E-state index in [0.717, 1.165) is 5.56 Å². The molecule has 1 aromatic heterocycles. The predicted molar refractivity (Wildman–Crippen MR) is 76.8 cm³/mol. The van der Waals surface area contributed by atoms with Gasteiger partial charge >= 0.3 is 0 Å². The Balaban J connectivity index is 2.22. The third kappa shape index (κ3) is 3.31. The third-order valence-electron chi connectivity index (χ3n) is 2.94. The van der Waals surface area contributed by atoms with E-state index in [1.807, 2.05) is 14.0 Å². The van der Waals surface area contributed by atoms with Gasteiger partial charge in [-0.15, -0.1) is 0 Å². The van der Waals surface area contributed by atoms with Gasteiger partial charge in [-0.1, -0.05) is 12.1 Å². The molecule has 1 heterocycles. The van der Waals surface area contributed by atoms with Crippen molar-refractivity contribution >= 4 is 15.7 Å². The van der Waals surface area contributed by atoms with E-state index in [0.29, 0.717) is 5.69 Å². The normalized spacial score (nSPS) is 12.9. The average Bonchev–Trinajstić information content (AvgIpc) is 2.47. The summed E-state index contributed by atoms with van der Waals surface area (Å²) < 4.78 is 26.8. The Hall–Kier alpha value is -1.99. The Bertz CT molecular complexity index is 657. The Morgan fingerprint density at radius 2 is 1.70 bits per heavy atom. The molecule has 0 amide bonds. The predicted octanol–water partition coefficient (Wildman–Crippen LogP) is 1.56. The molecule has 1 atom stereocenters. The summed E-state index contributed by atoms with van der Waals surface area (Å²) in [7, 11) is -1.76. The highest BCUT2D eigenvalue weighted by Gasteiger charge is 2.14. The van der Waals surface area contributed by atoms with Gasteiger partial charge in [0.25, 0.3) is 10.0 Å². The van der Waals surface area contributed by atoms with Gasteiger partial charge in [0.2, 0.25) is 0 Å². The number of rotatable bonds is 5. The van der Waals surface area contributed by atoms with Crippen LogP contribution in [-0.2, 0) is 10.0 Å². The largest absolute Gasteiger partial charge is 0.313 e. The van der Waals surface area contributed by atoms with Crippen molar-refractivity contribution in [2.75, 3.05) is 11.8 Å². The number of nitrogens with zero attached hydrogens (tertiary/aromatic N) is 2. The lowest BCUT2D eigenvalue weighted by Gasteiger charge is -2.12. The minimum Gasteiger partial charge on any atom is -0.313 e. The molecule has 0 aliphatic carbocycles. The summed E-state index contributed by atoms with van der Waals surface area (Å²) in [5.41, 5.74) is 1.36. The second-order valence-electron chi connectivity index (χ2n) is 4.31. The lowest BCUT2D eigenvalue weighted by molar-refractivity contribution is 0.600. The minimum atomic E-state index is -3.61. The molecule has 0 aliphatic rings. The second-order valence-corrected chi connectivity index (χ2v) is 5.99. The van der Waals surface area contributed by atoms with E-state index in [4.69, 9.17) is 0 Å². The summed E-state index contributed by atoms with van der Waals surface area (Å²) in [6.45, 7) is 2.00. The van der Waals surface area contributed by atoms with Gasteiger partial charge in [-0.2, -0.15) is 0 Å². The lowest BCUT2D eigenvalue weighted by Crippen LogP contribution is -2.15. The number of hydrogen-bond donors (Lipinski definition) is 2. The van der Waals surface area contributed by atoms with E-state index in [-0.39, 0.29) is 10.9 Å². The molecular formula is C13H16N4O2S. The molecule has 1 unspecified atom stereocenters. The molecule has 0 radical (unpaired) electrons. The van der Waals surface area contributed by atoms with Gasteiger partial charge in [-0.25, -0.2) is 18.4 Å². The van der Waals surface area contributed by atoms with E-state index >= 15 is 0 Å². The second kappa shape index (κ2) is 5.98. The van der Waals surface area contributed by atoms with Crippen molar-refractivity contribution in [2.24, 2.45) is 0 Å². The quantitative estimate of drug-likeness (QED) is 0.873. The molecule has 0 aliphatic heterocycles. The van der Waals surface area contributed by atoms with Crippen LogP contribution in [-0.4, -0.2) is 25.4 Å². The first-order valence-electron chi connectivity index (χ1n) is 6.08. The Kier molecular flexibility index (Phi) is 4.31. The van der Waals surface area contributed by atoms with Gasteiger partial charge in [0.1, 0.15) is 6.33 Å².